The van der Waals surface area contributed by atoms with Crippen LogP contribution in [0.1, 0.15) is 66.9 Å². The smallest absolute Gasteiger partial charge is 0.449 e. The Morgan fingerprint density at radius 3 is 2.20 bits per heavy atom. The molecule has 0 unspecified atom stereocenters. The lowest BCUT2D eigenvalue weighted by Crippen LogP contribution is -3.12. The summed E-state index contributed by atoms with van der Waals surface area (Å²) in [6.45, 7) is 10.4. The predicted octanol–water partition coefficient (Wildman–Crippen LogP) is 6.49. The standard InChI is InChI=1S/C35H36F3NO6/c1-5-6-22-7-13-25(14-8-22)43-31-29(40)26-15-16-28(44-33(41)23-9-11-24(12-10-23)34(2,3)4)27(21-39-17-19-42-20-18-39)30(26)45-32(31)35(36,37)38/h7-16H,5-6,17-21H2,1-4H3/p+1. The van der Waals surface area contributed by atoms with Crippen LogP contribution in [0.5, 0.6) is 17.2 Å². The number of halogens is 3. The number of rotatable bonds is 8. The van der Waals surface area contributed by atoms with E-state index in [2.05, 4.69) is 20.8 Å². The third-order valence-corrected chi connectivity index (χ3v) is 7.83. The van der Waals surface area contributed by atoms with Gasteiger partial charge in [0.15, 0.2) is 5.58 Å². The lowest BCUT2D eigenvalue weighted by Gasteiger charge is -2.25. The molecule has 5 rings (SSSR count). The number of hydrogen-bond donors (Lipinski definition) is 1. The minimum absolute atomic E-state index is 0.0165. The first-order chi connectivity index (χ1) is 21.3. The number of carbonyl (C=O) groups is 1. The van der Waals surface area contributed by atoms with Crippen LogP contribution in [0.15, 0.2) is 69.9 Å². The van der Waals surface area contributed by atoms with Gasteiger partial charge in [-0.05, 0) is 59.4 Å². The van der Waals surface area contributed by atoms with Gasteiger partial charge >= 0.3 is 12.1 Å². The van der Waals surface area contributed by atoms with Crippen LogP contribution in [-0.2, 0) is 29.3 Å². The van der Waals surface area contributed by atoms with Gasteiger partial charge in [-0.3, -0.25) is 4.79 Å². The summed E-state index contributed by atoms with van der Waals surface area (Å²) in [7, 11) is 0. The molecule has 238 valence electrons. The molecule has 0 radical (unpaired) electrons. The van der Waals surface area contributed by atoms with Crippen LogP contribution in [0.2, 0.25) is 0 Å². The van der Waals surface area contributed by atoms with Crippen molar-refractivity contribution in [2.24, 2.45) is 0 Å². The van der Waals surface area contributed by atoms with Crippen molar-refractivity contribution in [1.82, 2.24) is 0 Å². The first-order valence-electron chi connectivity index (χ1n) is 15.1. The number of fused-ring (bicyclic) bond motifs is 1. The molecule has 4 aromatic rings. The number of morpholine rings is 1. The quantitative estimate of drug-likeness (QED) is 0.178. The molecule has 1 aliphatic rings. The van der Waals surface area contributed by atoms with E-state index in [0.29, 0.717) is 26.3 Å². The molecule has 1 aliphatic heterocycles. The van der Waals surface area contributed by atoms with E-state index in [1.165, 1.54) is 24.3 Å². The third-order valence-electron chi connectivity index (χ3n) is 7.83. The molecule has 0 aliphatic carbocycles. The van der Waals surface area contributed by atoms with Crippen LogP contribution in [-0.4, -0.2) is 32.3 Å². The van der Waals surface area contributed by atoms with E-state index >= 15 is 0 Å². The Morgan fingerprint density at radius 1 is 0.933 bits per heavy atom. The van der Waals surface area contributed by atoms with Crippen molar-refractivity contribution in [3.8, 4) is 17.2 Å². The molecular formula is C35H37F3NO6+. The Kier molecular flexibility index (Phi) is 9.36. The van der Waals surface area contributed by atoms with Crippen molar-refractivity contribution in [1.29, 1.82) is 0 Å². The maximum Gasteiger partial charge on any atom is 0.453 e. The Balaban J connectivity index is 1.59. The molecule has 1 saturated heterocycles. The van der Waals surface area contributed by atoms with Gasteiger partial charge in [0, 0.05) is 0 Å². The molecule has 2 heterocycles. The van der Waals surface area contributed by atoms with Gasteiger partial charge in [0.2, 0.25) is 11.2 Å². The molecule has 0 bridgehead atoms. The first-order valence-corrected chi connectivity index (χ1v) is 15.1. The Morgan fingerprint density at radius 2 is 1.60 bits per heavy atom. The van der Waals surface area contributed by atoms with E-state index in [-0.39, 0.29) is 45.6 Å². The number of quaternary nitrogens is 1. The fourth-order valence-corrected chi connectivity index (χ4v) is 5.30. The highest BCUT2D eigenvalue weighted by Crippen LogP contribution is 2.40. The lowest BCUT2D eigenvalue weighted by molar-refractivity contribution is -0.921. The summed E-state index contributed by atoms with van der Waals surface area (Å²) in [5.74, 6) is -3.10. The lowest BCUT2D eigenvalue weighted by atomic mass is 9.87. The molecule has 7 nitrogen and oxygen atoms in total. The third kappa shape index (κ3) is 7.40. The van der Waals surface area contributed by atoms with Crippen molar-refractivity contribution in [3.63, 3.8) is 0 Å². The fraction of sp³-hybridized carbons (Fsp3) is 0.371. The number of hydrogen-bond acceptors (Lipinski definition) is 6. The largest absolute Gasteiger partial charge is 0.453 e. The summed E-state index contributed by atoms with van der Waals surface area (Å²) in [6.07, 6.45) is -3.34. The number of alkyl halides is 3. The summed E-state index contributed by atoms with van der Waals surface area (Å²) in [5, 5.41) is -0.113. The SMILES string of the molecule is CCCc1ccc(Oc2c(C(F)(F)F)oc3c(C[NH+]4CCOCC4)c(OC(=O)c4ccc(C(C)(C)C)cc4)ccc3c2=O)cc1. The van der Waals surface area contributed by atoms with Crippen molar-refractivity contribution >= 4 is 16.9 Å². The van der Waals surface area contributed by atoms with Crippen LogP contribution >= 0.6 is 0 Å². The van der Waals surface area contributed by atoms with Gasteiger partial charge in [0.25, 0.3) is 5.76 Å². The normalized spacial score (nSPS) is 14.5. The molecule has 1 N–H and O–H groups in total. The number of esters is 1. The topological polar surface area (TPSA) is 79.4 Å². The zero-order valence-electron chi connectivity index (χ0n) is 25.8. The maximum atomic E-state index is 14.4. The van der Waals surface area contributed by atoms with E-state index < -0.39 is 29.1 Å². The maximum absolute atomic E-state index is 14.4. The molecule has 0 atom stereocenters. The summed E-state index contributed by atoms with van der Waals surface area (Å²) in [4.78, 5) is 27.9. The highest BCUT2D eigenvalue weighted by molar-refractivity contribution is 5.92. The second-order valence-corrected chi connectivity index (χ2v) is 12.3. The second-order valence-electron chi connectivity index (χ2n) is 12.3. The Labute approximate surface area is 259 Å². The zero-order valence-corrected chi connectivity index (χ0v) is 25.8. The summed E-state index contributed by atoms with van der Waals surface area (Å²) in [5.41, 5.74) is 1.08. The first kappa shape index (κ1) is 32.2. The van der Waals surface area contributed by atoms with Crippen LogP contribution in [0.3, 0.4) is 0 Å². The summed E-state index contributed by atoms with van der Waals surface area (Å²) < 4.78 is 65.6. The van der Waals surface area contributed by atoms with Gasteiger partial charge in [-0.2, -0.15) is 13.2 Å². The van der Waals surface area contributed by atoms with E-state index in [9.17, 15) is 22.8 Å². The van der Waals surface area contributed by atoms with E-state index in [4.69, 9.17) is 18.6 Å². The highest BCUT2D eigenvalue weighted by atomic mass is 19.4. The van der Waals surface area contributed by atoms with Crippen LogP contribution in [0.25, 0.3) is 11.0 Å². The average Bonchev–Trinajstić information content (AvgIpc) is 3.00. The number of nitrogens with one attached hydrogen (secondary N) is 1. The molecule has 45 heavy (non-hydrogen) atoms. The van der Waals surface area contributed by atoms with Gasteiger partial charge in [-0.15, -0.1) is 0 Å². The van der Waals surface area contributed by atoms with Crippen molar-refractivity contribution in [2.75, 3.05) is 26.3 Å². The van der Waals surface area contributed by atoms with Gasteiger partial charge in [-0.1, -0.05) is 58.4 Å². The van der Waals surface area contributed by atoms with Gasteiger partial charge < -0.3 is 23.5 Å². The van der Waals surface area contributed by atoms with Gasteiger partial charge in [-0.25, -0.2) is 4.79 Å². The Bertz CT molecular complexity index is 1720. The number of aryl methyl sites for hydroxylation is 1. The highest BCUT2D eigenvalue weighted by Gasteiger charge is 2.41. The number of carbonyl (C=O) groups excluding carboxylic acids is 1. The summed E-state index contributed by atoms with van der Waals surface area (Å²) in [6, 6.07) is 16.2. The molecule has 0 amide bonds. The Hall–Kier alpha value is -4.15. The number of benzene rings is 3. The van der Waals surface area contributed by atoms with Crippen molar-refractivity contribution in [3.05, 3.63) is 98.9 Å². The van der Waals surface area contributed by atoms with E-state index in [0.717, 1.165) is 28.9 Å². The second kappa shape index (κ2) is 13.1. The van der Waals surface area contributed by atoms with Gasteiger partial charge in [0.05, 0.1) is 29.7 Å². The minimum atomic E-state index is -5.05. The van der Waals surface area contributed by atoms with Crippen molar-refractivity contribution in [2.45, 2.75) is 58.7 Å². The number of ether oxygens (including phenoxy) is 3. The van der Waals surface area contributed by atoms with Crippen LogP contribution in [0.4, 0.5) is 13.2 Å². The van der Waals surface area contributed by atoms with Crippen molar-refractivity contribution < 1.29 is 41.5 Å². The monoisotopic (exact) mass is 624 g/mol. The molecule has 0 saturated carbocycles. The van der Waals surface area contributed by atoms with E-state index in [1.54, 1.807) is 24.3 Å². The van der Waals surface area contributed by atoms with Gasteiger partial charge in [0.1, 0.15) is 31.1 Å². The van der Waals surface area contributed by atoms with Crippen LogP contribution < -0.4 is 19.8 Å². The zero-order chi connectivity index (χ0) is 32.4. The molecule has 1 fully saturated rings. The minimum Gasteiger partial charge on any atom is -0.449 e. The fourth-order valence-electron chi connectivity index (χ4n) is 5.30. The molecule has 3 aromatic carbocycles. The molecule has 0 spiro atoms. The molecule has 1 aromatic heterocycles. The van der Waals surface area contributed by atoms with E-state index in [1.807, 2.05) is 19.1 Å². The summed E-state index contributed by atoms with van der Waals surface area (Å²) >= 11 is 0. The average molecular weight is 625 g/mol. The van der Waals surface area contributed by atoms with Crippen LogP contribution in [0, 0.1) is 0 Å². The molecular weight excluding hydrogens is 587 g/mol. The molecule has 10 heteroatoms. The predicted molar refractivity (Wildman–Crippen MR) is 163 cm³/mol.